The summed E-state index contributed by atoms with van der Waals surface area (Å²) in [7, 11) is 0. The van der Waals surface area contributed by atoms with E-state index < -0.39 is 0 Å². The Morgan fingerprint density at radius 3 is 2.59 bits per heavy atom. The van der Waals surface area contributed by atoms with Gasteiger partial charge in [-0.1, -0.05) is 25.1 Å². The number of hydrogen-bond acceptors (Lipinski definition) is 4. The molecule has 5 nitrogen and oxygen atoms in total. The van der Waals surface area contributed by atoms with Gasteiger partial charge in [0.2, 0.25) is 0 Å². The lowest BCUT2D eigenvalue weighted by molar-refractivity contribution is 0.0939. The largest absolute Gasteiger partial charge is 0.350 e. The second-order valence-corrected chi connectivity index (χ2v) is 6.30. The molecule has 2 N–H and O–H groups in total. The van der Waals surface area contributed by atoms with E-state index in [1.807, 2.05) is 26.0 Å². The maximum atomic E-state index is 13.3. The van der Waals surface area contributed by atoms with Gasteiger partial charge in [-0.15, -0.1) is 10.2 Å². The number of hydrogen-bond donors (Lipinski definition) is 2. The van der Waals surface area contributed by atoms with Crippen LogP contribution in [0.4, 0.5) is 15.9 Å². The van der Waals surface area contributed by atoms with Gasteiger partial charge in [0.05, 0.1) is 5.69 Å². The number of amides is 1. The summed E-state index contributed by atoms with van der Waals surface area (Å²) in [5.74, 6) is 0.110. The molecule has 1 aromatic heterocycles. The van der Waals surface area contributed by atoms with Crippen molar-refractivity contribution >= 4 is 17.4 Å². The molecule has 0 fully saturated rings. The van der Waals surface area contributed by atoms with Crippen LogP contribution in [0.15, 0.2) is 60.7 Å². The highest BCUT2D eigenvalue weighted by molar-refractivity contribution is 5.95. The summed E-state index contributed by atoms with van der Waals surface area (Å²) in [5.41, 5.74) is 2.56. The molecule has 0 unspecified atom stereocenters. The van der Waals surface area contributed by atoms with Crippen LogP contribution in [0.3, 0.4) is 0 Å². The maximum Gasteiger partial charge on any atom is 0.251 e. The SMILES string of the molecule is CC[C@@H](C)NC(=O)c1cccc(Nc2ccc(-c3cccc(F)c3)nn2)c1. The lowest BCUT2D eigenvalue weighted by Gasteiger charge is -2.12. The van der Waals surface area contributed by atoms with Crippen molar-refractivity contribution in [2.75, 3.05) is 5.32 Å². The number of rotatable bonds is 6. The predicted molar refractivity (Wildman–Crippen MR) is 104 cm³/mol. The molecule has 3 aromatic rings. The first-order valence-corrected chi connectivity index (χ1v) is 8.83. The van der Waals surface area contributed by atoms with Gasteiger partial charge >= 0.3 is 0 Å². The molecule has 0 spiro atoms. The van der Waals surface area contributed by atoms with Crippen LogP contribution in [0.2, 0.25) is 0 Å². The summed E-state index contributed by atoms with van der Waals surface area (Å²) < 4.78 is 13.3. The van der Waals surface area contributed by atoms with Gasteiger partial charge in [-0.3, -0.25) is 4.79 Å². The van der Waals surface area contributed by atoms with Crippen molar-refractivity contribution in [2.45, 2.75) is 26.3 Å². The molecule has 1 amide bonds. The highest BCUT2D eigenvalue weighted by Crippen LogP contribution is 2.20. The van der Waals surface area contributed by atoms with Gasteiger partial charge in [-0.05, 0) is 55.8 Å². The highest BCUT2D eigenvalue weighted by Gasteiger charge is 2.09. The zero-order valence-electron chi connectivity index (χ0n) is 15.2. The molecule has 0 aliphatic carbocycles. The Morgan fingerprint density at radius 2 is 1.89 bits per heavy atom. The molecule has 0 aliphatic rings. The first-order chi connectivity index (χ1) is 13.0. The number of anilines is 2. The van der Waals surface area contributed by atoms with Gasteiger partial charge in [0, 0.05) is 22.9 Å². The van der Waals surface area contributed by atoms with Crippen molar-refractivity contribution in [3.63, 3.8) is 0 Å². The Labute approximate surface area is 157 Å². The summed E-state index contributed by atoms with van der Waals surface area (Å²) in [6.45, 7) is 3.99. The lowest BCUT2D eigenvalue weighted by atomic mass is 10.1. The fourth-order valence-corrected chi connectivity index (χ4v) is 2.50. The zero-order chi connectivity index (χ0) is 19.2. The number of benzene rings is 2. The van der Waals surface area contributed by atoms with Crippen molar-refractivity contribution in [3.05, 3.63) is 72.0 Å². The third kappa shape index (κ3) is 4.88. The van der Waals surface area contributed by atoms with Crippen LogP contribution >= 0.6 is 0 Å². The Balaban J connectivity index is 1.72. The molecule has 0 bridgehead atoms. The minimum Gasteiger partial charge on any atom is -0.350 e. The highest BCUT2D eigenvalue weighted by atomic mass is 19.1. The summed E-state index contributed by atoms with van der Waals surface area (Å²) in [6, 6.07) is 17.0. The topological polar surface area (TPSA) is 66.9 Å². The van der Waals surface area contributed by atoms with E-state index in [0.29, 0.717) is 22.6 Å². The molecule has 138 valence electrons. The second-order valence-electron chi connectivity index (χ2n) is 6.30. The normalized spacial score (nSPS) is 11.7. The van der Waals surface area contributed by atoms with Gasteiger partial charge in [0.15, 0.2) is 5.82 Å². The smallest absolute Gasteiger partial charge is 0.251 e. The number of nitrogens with one attached hydrogen (secondary N) is 2. The average Bonchev–Trinajstić information content (AvgIpc) is 2.68. The Hall–Kier alpha value is -3.28. The van der Waals surface area contributed by atoms with Gasteiger partial charge in [0.1, 0.15) is 5.82 Å². The quantitative estimate of drug-likeness (QED) is 0.673. The minimum absolute atomic E-state index is 0.111. The number of nitrogens with zero attached hydrogens (tertiary/aromatic N) is 2. The minimum atomic E-state index is -0.316. The summed E-state index contributed by atoms with van der Waals surface area (Å²) >= 11 is 0. The Kier molecular flexibility index (Phi) is 5.76. The number of aromatic nitrogens is 2. The first-order valence-electron chi connectivity index (χ1n) is 8.83. The van der Waals surface area contributed by atoms with E-state index in [1.54, 1.807) is 36.4 Å². The Bertz CT molecular complexity index is 927. The van der Waals surface area contributed by atoms with Crippen molar-refractivity contribution in [2.24, 2.45) is 0 Å². The van der Waals surface area contributed by atoms with Crippen LogP contribution in [0.5, 0.6) is 0 Å². The molecule has 0 radical (unpaired) electrons. The van der Waals surface area contributed by atoms with Gasteiger partial charge in [-0.2, -0.15) is 0 Å². The lowest BCUT2D eigenvalue weighted by Crippen LogP contribution is -2.31. The predicted octanol–water partition coefficient (Wildman–Crippen LogP) is 4.55. The fourth-order valence-electron chi connectivity index (χ4n) is 2.50. The van der Waals surface area contributed by atoms with E-state index in [9.17, 15) is 9.18 Å². The number of carbonyl (C=O) groups excluding carboxylic acids is 1. The second kappa shape index (κ2) is 8.40. The summed E-state index contributed by atoms with van der Waals surface area (Å²) in [5, 5.41) is 14.3. The van der Waals surface area contributed by atoms with E-state index in [0.717, 1.165) is 12.1 Å². The molecule has 2 aromatic carbocycles. The molecule has 0 aliphatic heterocycles. The van der Waals surface area contributed by atoms with Crippen LogP contribution in [-0.4, -0.2) is 22.1 Å². The third-order valence-corrected chi connectivity index (χ3v) is 4.17. The molecule has 0 saturated heterocycles. The molecule has 6 heteroatoms. The van der Waals surface area contributed by atoms with Crippen LogP contribution in [-0.2, 0) is 0 Å². The average molecular weight is 364 g/mol. The van der Waals surface area contributed by atoms with E-state index >= 15 is 0 Å². The van der Waals surface area contributed by atoms with Gasteiger partial charge in [0.25, 0.3) is 5.91 Å². The fraction of sp³-hybridized carbons (Fsp3) is 0.190. The van der Waals surface area contributed by atoms with Crippen molar-refractivity contribution < 1.29 is 9.18 Å². The molecule has 1 heterocycles. The molecule has 27 heavy (non-hydrogen) atoms. The van der Waals surface area contributed by atoms with Crippen molar-refractivity contribution in [3.8, 4) is 11.3 Å². The molecule has 0 saturated carbocycles. The first kappa shape index (κ1) is 18.5. The maximum absolute atomic E-state index is 13.3. The van der Waals surface area contributed by atoms with E-state index in [1.165, 1.54) is 12.1 Å². The molecular formula is C21H21FN4O. The van der Waals surface area contributed by atoms with E-state index in [4.69, 9.17) is 0 Å². The summed E-state index contributed by atoms with van der Waals surface area (Å²) in [6.07, 6.45) is 0.872. The van der Waals surface area contributed by atoms with Crippen LogP contribution in [0.1, 0.15) is 30.6 Å². The number of halogens is 1. The third-order valence-electron chi connectivity index (χ3n) is 4.17. The van der Waals surface area contributed by atoms with Crippen LogP contribution < -0.4 is 10.6 Å². The van der Waals surface area contributed by atoms with Gasteiger partial charge in [-0.25, -0.2) is 4.39 Å². The van der Waals surface area contributed by atoms with Crippen molar-refractivity contribution in [1.29, 1.82) is 0 Å². The Morgan fingerprint density at radius 1 is 1.07 bits per heavy atom. The molecule has 3 rings (SSSR count). The van der Waals surface area contributed by atoms with Gasteiger partial charge < -0.3 is 10.6 Å². The van der Waals surface area contributed by atoms with Crippen LogP contribution in [0, 0.1) is 5.82 Å². The van der Waals surface area contributed by atoms with Crippen molar-refractivity contribution in [1.82, 2.24) is 15.5 Å². The monoisotopic (exact) mass is 364 g/mol. The molecular weight excluding hydrogens is 343 g/mol. The molecule has 1 atom stereocenters. The van der Waals surface area contributed by atoms with E-state index in [-0.39, 0.29) is 17.8 Å². The summed E-state index contributed by atoms with van der Waals surface area (Å²) in [4.78, 5) is 12.3. The van der Waals surface area contributed by atoms with Crippen LogP contribution in [0.25, 0.3) is 11.3 Å². The zero-order valence-corrected chi connectivity index (χ0v) is 15.2. The standard InChI is InChI=1S/C21H21FN4O/c1-3-14(2)23-21(27)16-7-5-9-18(13-16)24-20-11-10-19(25-26-20)15-6-4-8-17(22)12-15/h4-14H,3H2,1-2H3,(H,23,27)(H,24,26)/t14-/m1/s1. The van der Waals surface area contributed by atoms with E-state index in [2.05, 4.69) is 20.8 Å². The number of carbonyl (C=O) groups is 1.